The molecular formula is C14H18ClNO2. The Hall–Kier alpha value is -1.06. The molecule has 0 aromatic heterocycles. The van der Waals surface area contributed by atoms with Crippen LogP contribution in [0.15, 0.2) is 18.2 Å². The van der Waals surface area contributed by atoms with E-state index in [9.17, 15) is 4.79 Å². The maximum absolute atomic E-state index is 10.7. The molecule has 1 unspecified atom stereocenters. The number of nitrogens with zero attached hydrogens (tertiary/aromatic N) is 1. The van der Waals surface area contributed by atoms with Gasteiger partial charge in [0.2, 0.25) is 0 Å². The highest BCUT2D eigenvalue weighted by Gasteiger charge is 2.27. The van der Waals surface area contributed by atoms with Crippen molar-refractivity contribution >= 4 is 17.6 Å². The molecule has 0 saturated carbocycles. The van der Waals surface area contributed by atoms with Crippen molar-refractivity contribution in [2.75, 3.05) is 13.1 Å². The van der Waals surface area contributed by atoms with Crippen molar-refractivity contribution in [3.63, 3.8) is 0 Å². The van der Waals surface area contributed by atoms with Gasteiger partial charge in [0, 0.05) is 17.6 Å². The largest absolute Gasteiger partial charge is 0.481 e. The number of rotatable bonds is 5. The number of aryl methyl sites for hydroxylation is 1. The number of hydrogen-bond acceptors (Lipinski definition) is 2. The summed E-state index contributed by atoms with van der Waals surface area (Å²) in [5.74, 6) is -0.734. The molecule has 0 heterocycles. The second-order valence-corrected chi connectivity index (χ2v) is 5.11. The van der Waals surface area contributed by atoms with Crippen LogP contribution in [0.2, 0.25) is 5.02 Å². The molecule has 0 spiro atoms. The first-order valence-corrected chi connectivity index (χ1v) is 6.73. The molecule has 18 heavy (non-hydrogen) atoms. The second kappa shape index (κ2) is 5.72. The molecule has 0 radical (unpaired) electrons. The molecule has 0 bridgehead atoms. The van der Waals surface area contributed by atoms with Crippen molar-refractivity contribution in [3.8, 4) is 0 Å². The molecule has 0 saturated heterocycles. The summed E-state index contributed by atoms with van der Waals surface area (Å²) in [4.78, 5) is 12.9. The van der Waals surface area contributed by atoms with Gasteiger partial charge >= 0.3 is 5.97 Å². The van der Waals surface area contributed by atoms with Gasteiger partial charge in [0.15, 0.2) is 0 Å². The van der Waals surface area contributed by atoms with Crippen molar-refractivity contribution in [2.45, 2.75) is 32.2 Å². The topological polar surface area (TPSA) is 40.5 Å². The molecule has 2 rings (SSSR count). The quantitative estimate of drug-likeness (QED) is 0.891. The zero-order valence-electron chi connectivity index (χ0n) is 10.5. The molecule has 1 aliphatic carbocycles. The Morgan fingerprint density at radius 1 is 1.56 bits per heavy atom. The minimum Gasteiger partial charge on any atom is -0.481 e. The Kier molecular flexibility index (Phi) is 4.25. The first-order valence-electron chi connectivity index (χ1n) is 6.36. The Bertz CT molecular complexity index is 447. The molecule has 1 aromatic rings. The van der Waals surface area contributed by atoms with Crippen molar-refractivity contribution in [1.29, 1.82) is 0 Å². The maximum atomic E-state index is 10.7. The zero-order valence-corrected chi connectivity index (χ0v) is 11.3. The van der Waals surface area contributed by atoms with Crippen molar-refractivity contribution in [2.24, 2.45) is 0 Å². The Morgan fingerprint density at radius 3 is 3.00 bits per heavy atom. The van der Waals surface area contributed by atoms with Gasteiger partial charge < -0.3 is 5.11 Å². The lowest BCUT2D eigenvalue weighted by atomic mass is 10.1. The van der Waals surface area contributed by atoms with Gasteiger partial charge in [-0.1, -0.05) is 24.6 Å². The Morgan fingerprint density at radius 2 is 2.33 bits per heavy atom. The van der Waals surface area contributed by atoms with E-state index in [0.29, 0.717) is 12.6 Å². The van der Waals surface area contributed by atoms with Crippen molar-refractivity contribution in [1.82, 2.24) is 4.90 Å². The van der Waals surface area contributed by atoms with Crippen LogP contribution >= 0.6 is 11.6 Å². The SMILES string of the molecule is CCN(CCC(=O)O)C1CCc2cc(Cl)ccc21. The summed E-state index contributed by atoms with van der Waals surface area (Å²) >= 11 is 6.00. The standard InChI is InChI=1S/C14H18ClNO2/c1-2-16(8-7-14(17)18)13-6-3-10-9-11(15)4-5-12(10)13/h4-5,9,13H,2-3,6-8H2,1H3,(H,17,18). The monoisotopic (exact) mass is 267 g/mol. The fourth-order valence-electron chi connectivity index (χ4n) is 2.72. The molecule has 3 nitrogen and oxygen atoms in total. The van der Waals surface area contributed by atoms with Gasteiger partial charge in [0.25, 0.3) is 0 Å². The van der Waals surface area contributed by atoms with Crippen LogP contribution in [0.3, 0.4) is 0 Å². The summed E-state index contributed by atoms with van der Waals surface area (Å²) in [6.07, 6.45) is 2.29. The average Bonchev–Trinajstić information content (AvgIpc) is 2.73. The van der Waals surface area contributed by atoms with Crippen LogP contribution in [0.25, 0.3) is 0 Å². The predicted molar refractivity (Wildman–Crippen MR) is 72.0 cm³/mol. The highest BCUT2D eigenvalue weighted by atomic mass is 35.5. The van der Waals surface area contributed by atoms with E-state index in [-0.39, 0.29) is 6.42 Å². The first-order chi connectivity index (χ1) is 8.61. The maximum Gasteiger partial charge on any atom is 0.304 e. The minimum absolute atomic E-state index is 0.202. The fraction of sp³-hybridized carbons (Fsp3) is 0.500. The summed E-state index contributed by atoms with van der Waals surface area (Å²) in [5, 5.41) is 9.57. The van der Waals surface area contributed by atoms with E-state index >= 15 is 0 Å². The molecule has 98 valence electrons. The number of carbonyl (C=O) groups is 1. The van der Waals surface area contributed by atoms with Gasteiger partial charge in [-0.3, -0.25) is 9.69 Å². The summed E-state index contributed by atoms with van der Waals surface area (Å²) in [5.41, 5.74) is 2.62. The number of hydrogen-bond donors (Lipinski definition) is 1. The van der Waals surface area contributed by atoms with Gasteiger partial charge in [-0.05, 0) is 42.6 Å². The summed E-state index contributed by atoms with van der Waals surface area (Å²) in [6, 6.07) is 6.38. The third-order valence-electron chi connectivity index (χ3n) is 3.61. The Balaban J connectivity index is 2.13. The van der Waals surface area contributed by atoms with Crippen LogP contribution in [0.4, 0.5) is 0 Å². The van der Waals surface area contributed by atoms with Crippen molar-refractivity contribution in [3.05, 3.63) is 34.3 Å². The minimum atomic E-state index is -0.734. The van der Waals surface area contributed by atoms with E-state index in [2.05, 4.69) is 17.9 Å². The number of fused-ring (bicyclic) bond motifs is 1. The smallest absolute Gasteiger partial charge is 0.304 e. The van der Waals surface area contributed by atoms with E-state index in [4.69, 9.17) is 16.7 Å². The first kappa shape index (κ1) is 13.4. The van der Waals surface area contributed by atoms with Crippen LogP contribution in [0.1, 0.15) is 36.9 Å². The molecular weight excluding hydrogens is 250 g/mol. The van der Waals surface area contributed by atoms with Crippen LogP contribution in [-0.2, 0) is 11.2 Å². The number of benzene rings is 1. The highest BCUT2D eigenvalue weighted by Crippen LogP contribution is 2.36. The zero-order chi connectivity index (χ0) is 13.1. The van der Waals surface area contributed by atoms with Gasteiger partial charge in [-0.2, -0.15) is 0 Å². The molecule has 0 fully saturated rings. The van der Waals surface area contributed by atoms with E-state index in [1.54, 1.807) is 0 Å². The summed E-state index contributed by atoms with van der Waals surface area (Å²) in [6.45, 7) is 3.56. The van der Waals surface area contributed by atoms with Crippen LogP contribution in [-0.4, -0.2) is 29.1 Å². The normalized spacial score (nSPS) is 18.1. The average molecular weight is 268 g/mol. The molecule has 0 amide bonds. The number of carboxylic acid groups (broad SMARTS) is 1. The van der Waals surface area contributed by atoms with E-state index < -0.39 is 5.97 Å². The lowest BCUT2D eigenvalue weighted by molar-refractivity contribution is -0.137. The fourth-order valence-corrected chi connectivity index (χ4v) is 2.91. The third kappa shape index (κ3) is 2.85. The van der Waals surface area contributed by atoms with E-state index in [1.807, 2.05) is 12.1 Å². The third-order valence-corrected chi connectivity index (χ3v) is 3.85. The number of carboxylic acids is 1. The summed E-state index contributed by atoms with van der Waals surface area (Å²) < 4.78 is 0. The number of aliphatic carboxylic acids is 1. The van der Waals surface area contributed by atoms with E-state index in [0.717, 1.165) is 24.4 Å². The Labute approximate surface area is 112 Å². The molecule has 4 heteroatoms. The molecule has 0 aliphatic heterocycles. The summed E-state index contributed by atoms with van der Waals surface area (Å²) in [7, 11) is 0. The van der Waals surface area contributed by atoms with E-state index in [1.165, 1.54) is 11.1 Å². The lowest BCUT2D eigenvalue weighted by Gasteiger charge is -2.27. The van der Waals surface area contributed by atoms with Crippen LogP contribution in [0, 0.1) is 0 Å². The molecule has 1 N–H and O–H groups in total. The van der Waals surface area contributed by atoms with Crippen LogP contribution in [0.5, 0.6) is 0 Å². The van der Waals surface area contributed by atoms with Crippen molar-refractivity contribution < 1.29 is 9.90 Å². The molecule has 1 aromatic carbocycles. The highest BCUT2D eigenvalue weighted by molar-refractivity contribution is 6.30. The van der Waals surface area contributed by atoms with Gasteiger partial charge in [-0.25, -0.2) is 0 Å². The van der Waals surface area contributed by atoms with Gasteiger partial charge in [0.1, 0.15) is 0 Å². The lowest BCUT2D eigenvalue weighted by Crippen LogP contribution is -2.29. The van der Waals surface area contributed by atoms with Crippen LogP contribution < -0.4 is 0 Å². The van der Waals surface area contributed by atoms with Gasteiger partial charge in [0.05, 0.1) is 6.42 Å². The molecule has 1 aliphatic rings. The molecule has 1 atom stereocenters. The second-order valence-electron chi connectivity index (χ2n) is 4.67. The predicted octanol–water partition coefficient (Wildman–Crippen LogP) is 3.12. The number of halogens is 1. The van der Waals surface area contributed by atoms with Gasteiger partial charge in [-0.15, -0.1) is 0 Å².